The fourth-order valence-corrected chi connectivity index (χ4v) is 5.45. The molecule has 1 fully saturated rings. The molecule has 7 heteroatoms. The standard InChI is InChI=1S/C26H34N2O4S/c1-17(2)14-20-6-8-21(9-7-20)25(29)22-10-12-28(13-11-22)26(30)23-15-18(3)19(4)24(16-23)33(31,32)27-5/h6-9,15-17,22,27H,10-14H2,1-5H3. The molecule has 1 heterocycles. The average Bonchev–Trinajstić information content (AvgIpc) is 2.80. The van der Waals surface area contributed by atoms with Gasteiger partial charge in [0.15, 0.2) is 5.78 Å². The van der Waals surface area contributed by atoms with Gasteiger partial charge in [-0.25, -0.2) is 13.1 Å². The van der Waals surface area contributed by atoms with E-state index < -0.39 is 10.0 Å². The maximum Gasteiger partial charge on any atom is 0.253 e. The first kappa shape index (κ1) is 25.1. The van der Waals surface area contributed by atoms with Gasteiger partial charge in [0, 0.05) is 30.1 Å². The lowest BCUT2D eigenvalue weighted by atomic mass is 9.88. The molecule has 0 saturated carbocycles. The van der Waals surface area contributed by atoms with Crippen LogP contribution in [0.15, 0.2) is 41.3 Å². The number of hydrogen-bond acceptors (Lipinski definition) is 4. The van der Waals surface area contributed by atoms with Crippen LogP contribution in [0.5, 0.6) is 0 Å². The topological polar surface area (TPSA) is 83.6 Å². The minimum atomic E-state index is -3.66. The molecule has 1 amide bonds. The van der Waals surface area contributed by atoms with Crippen molar-refractivity contribution in [2.24, 2.45) is 11.8 Å². The Labute approximate surface area is 197 Å². The van der Waals surface area contributed by atoms with Crippen molar-refractivity contribution in [3.8, 4) is 0 Å². The molecule has 0 radical (unpaired) electrons. The highest BCUT2D eigenvalue weighted by Crippen LogP contribution is 2.26. The van der Waals surface area contributed by atoms with Gasteiger partial charge in [-0.15, -0.1) is 0 Å². The average molecular weight is 471 g/mol. The van der Waals surface area contributed by atoms with Crippen LogP contribution in [-0.4, -0.2) is 45.1 Å². The maximum atomic E-state index is 13.1. The van der Waals surface area contributed by atoms with Gasteiger partial charge in [-0.05, 0) is 74.9 Å². The molecular formula is C26H34N2O4S. The number of amides is 1. The van der Waals surface area contributed by atoms with Gasteiger partial charge in [0.2, 0.25) is 10.0 Å². The summed E-state index contributed by atoms with van der Waals surface area (Å²) in [5.74, 6) is 0.395. The number of carbonyl (C=O) groups is 2. The van der Waals surface area contributed by atoms with Crippen molar-refractivity contribution in [1.29, 1.82) is 0 Å². The highest BCUT2D eigenvalue weighted by molar-refractivity contribution is 7.89. The monoisotopic (exact) mass is 470 g/mol. The molecule has 0 unspecified atom stereocenters. The first-order valence-corrected chi connectivity index (χ1v) is 13.0. The van der Waals surface area contributed by atoms with Crippen molar-refractivity contribution in [1.82, 2.24) is 9.62 Å². The van der Waals surface area contributed by atoms with Gasteiger partial charge in [0.1, 0.15) is 0 Å². The number of sulfonamides is 1. The van der Waals surface area contributed by atoms with Gasteiger partial charge in [-0.2, -0.15) is 0 Å². The molecule has 2 aromatic carbocycles. The second-order valence-corrected chi connectivity index (χ2v) is 11.2. The highest BCUT2D eigenvalue weighted by atomic mass is 32.2. The summed E-state index contributed by atoms with van der Waals surface area (Å²) in [7, 11) is -2.30. The Kier molecular flexibility index (Phi) is 7.75. The number of likely N-dealkylation sites (tertiary alicyclic amines) is 1. The number of ketones is 1. The quantitative estimate of drug-likeness (QED) is 0.617. The largest absolute Gasteiger partial charge is 0.339 e. The fraction of sp³-hybridized carbons (Fsp3) is 0.462. The zero-order chi connectivity index (χ0) is 24.3. The predicted molar refractivity (Wildman–Crippen MR) is 130 cm³/mol. The Morgan fingerprint density at radius 3 is 2.18 bits per heavy atom. The van der Waals surface area contributed by atoms with E-state index in [2.05, 4.69) is 18.6 Å². The number of piperidine rings is 1. The van der Waals surface area contributed by atoms with Crippen LogP contribution in [0.3, 0.4) is 0 Å². The molecule has 178 valence electrons. The van der Waals surface area contributed by atoms with E-state index in [9.17, 15) is 18.0 Å². The van der Waals surface area contributed by atoms with Crippen LogP contribution < -0.4 is 4.72 Å². The lowest BCUT2D eigenvalue weighted by molar-refractivity contribution is 0.0650. The Hall–Kier alpha value is -2.51. The highest BCUT2D eigenvalue weighted by Gasteiger charge is 2.29. The molecule has 0 spiro atoms. The van der Waals surface area contributed by atoms with E-state index >= 15 is 0 Å². The Morgan fingerprint density at radius 1 is 1.03 bits per heavy atom. The van der Waals surface area contributed by atoms with Crippen LogP contribution in [0.4, 0.5) is 0 Å². The van der Waals surface area contributed by atoms with E-state index in [1.165, 1.54) is 18.7 Å². The number of nitrogens with one attached hydrogen (secondary N) is 1. The molecule has 0 bridgehead atoms. The molecule has 1 N–H and O–H groups in total. The summed E-state index contributed by atoms with van der Waals surface area (Å²) < 4.78 is 27.1. The first-order valence-electron chi connectivity index (χ1n) is 11.5. The number of carbonyl (C=O) groups excluding carboxylic acids is 2. The third-order valence-electron chi connectivity index (χ3n) is 6.46. The van der Waals surface area contributed by atoms with E-state index in [0.717, 1.165) is 17.5 Å². The van der Waals surface area contributed by atoms with E-state index in [1.807, 2.05) is 24.3 Å². The summed E-state index contributed by atoms with van der Waals surface area (Å²) >= 11 is 0. The summed E-state index contributed by atoms with van der Waals surface area (Å²) in [5, 5.41) is 0. The molecule has 1 saturated heterocycles. The Morgan fingerprint density at radius 2 is 1.64 bits per heavy atom. The number of hydrogen-bond donors (Lipinski definition) is 1. The summed E-state index contributed by atoms with van der Waals surface area (Å²) in [6, 6.07) is 11.1. The molecular weight excluding hydrogens is 436 g/mol. The molecule has 3 rings (SSSR count). The molecule has 0 aromatic heterocycles. The summed E-state index contributed by atoms with van der Waals surface area (Å²) in [6.07, 6.45) is 2.19. The van der Waals surface area contributed by atoms with Gasteiger partial charge in [0.25, 0.3) is 5.91 Å². The van der Waals surface area contributed by atoms with Crippen molar-refractivity contribution < 1.29 is 18.0 Å². The second kappa shape index (κ2) is 10.2. The van der Waals surface area contributed by atoms with Crippen molar-refractivity contribution in [3.05, 3.63) is 64.2 Å². The van der Waals surface area contributed by atoms with E-state index in [-0.39, 0.29) is 22.5 Å². The Balaban J connectivity index is 1.68. The van der Waals surface area contributed by atoms with Gasteiger partial charge in [-0.1, -0.05) is 38.1 Å². The van der Waals surface area contributed by atoms with Gasteiger partial charge in [-0.3, -0.25) is 9.59 Å². The first-order chi connectivity index (χ1) is 15.5. The van der Waals surface area contributed by atoms with Gasteiger partial charge < -0.3 is 4.90 Å². The number of Topliss-reactive ketones (excluding diaryl/α,β-unsaturated/α-hetero) is 1. The summed E-state index contributed by atoms with van der Waals surface area (Å²) in [4.78, 5) is 27.9. The lowest BCUT2D eigenvalue weighted by Crippen LogP contribution is -2.40. The molecule has 0 atom stereocenters. The minimum Gasteiger partial charge on any atom is -0.339 e. The second-order valence-electron chi connectivity index (χ2n) is 9.35. The van der Waals surface area contributed by atoms with Gasteiger partial charge in [0.05, 0.1) is 4.90 Å². The zero-order valence-electron chi connectivity index (χ0n) is 20.1. The smallest absolute Gasteiger partial charge is 0.253 e. The van der Waals surface area contributed by atoms with Crippen LogP contribution in [0.2, 0.25) is 0 Å². The SMILES string of the molecule is CNS(=O)(=O)c1cc(C(=O)N2CCC(C(=O)c3ccc(CC(C)C)cc3)CC2)cc(C)c1C. The third kappa shape index (κ3) is 5.71. The van der Waals surface area contributed by atoms with Crippen LogP contribution >= 0.6 is 0 Å². The summed E-state index contributed by atoms with van der Waals surface area (Å²) in [6.45, 7) is 8.83. The molecule has 1 aliphatic rings. The normalized spacial score (nSPS) is 15.2. The van der Waals surface area contributed by atoms with Crippen molar-refractivity contribution in [3.63, 3.8) is 0 Å². The predicted octanol–water partition coefficient (Wildman–Crippen LogP) is 4.15. The number of benzene rings is 2. The zero-order valence-corrected chi connectivity index (χ0v) is 21.0. The molecule has 2 aromatic rings. The number of aryl methyl sites for hydroxylation is 1. The number of nitrogens with zero attached hydrogens (tertiary/aromatic N) is 1. The minimum absolute atomic E-state index is 0.106. The number of rotatable bonds is 7. The summed E-state index contributed by atoms with van der Waals surface area (Å²) in [5.41, 5.74) is 3.70. The van der Waals surface area contributed by atoms with Crippen LogP contribution in [0, 0.1) is 25.7 Å². The molecule has 33 heavy (non-hydrogen) atoms. The van der Waals surface area contributed by atoms with E-state index in [1.54, 1.807) is 24.8 Å². The molecule has 1 aliphatic heterocycles. The van der Waals surface area contributed by atoms with Crippen molar-refractivity contribution in [2.75, 3.05) is 20.1 Å². The van der Waals surface area contributed by atoms with E-state index in [0.29, 0.717) is 43.0 Å². The fourth-order valence-electron chi connectivity index (χ4n) is 4.38. The van der Waals surface area contributed by atoms with Crippen LogP contribution in [-0.2, 0) is 16.4 Å². The van der Waals surface area contributed by atoms with Gasteiger partial charge >= 0.3 is 0 Å². The van der Waals surface area contributed by atoms with Crippen LogP contribution in [0.25, 0.3) is 0 Å². The Bertz CT molecular complexity index is 1130. The maximum absolute atomic E-state index is 13.1. The lowest BCUT2D eigenvalue weighted by Gasteiger charge is -2.31. The molecule has 6 nitrogen and oxygen atoms in total. The van der Waals surface area contributed by atoms with Crippen LogP contribution in [0.1, 0.15) is 64.1 Å². The van der Waals surface area contributed by atoms with E-state index in [4.69, 9.17) is 0 Å². The van der Waals surface area contributed by atoms with Crippen molar-refractivity contribution in [2.45, 2.75) is 51.9 Å². The third-order valence-corrected chi connectivity index (χ3v) is 8.00. The van der Waals surface area contributed by atoms with Crippen molar-refractivity contribution >= 4 is 21.7 Å². The molecule has 0 aliphatic carbocycles.